The summed E-state index contributed by atoms with van der Waals surface area (Å²) < 4.78 is 0. The minimum absolute atomic E-state index is 0.122. The van der Waals surface area contributed by atoms with Gasteiger partial charge in [-0.2, -0.15) is 0 Å². The monoisotopic (exact) mass is 361 g/mol. The number of carbonyl (C=O) groups excluding carboxylic acids is 2. The minimum atomic E-state index is -0.182. The number of benzene rings is 1. The van der Waals surface area contributed by atoms with E-state index in [1.165, 1.54) is 6.92 Å². The first-order valence-corrected chi connectivity index (χ1v) is 8.38. The maximum atomic E-state index is 12.3. The second-order valence-electron chi connectivity index (χ2n) is 5.85. The fourth-order valence-electron chi connectivity index (χ4n) is 2.41. The number of amides is 2. The van der Waals surface area contributed by atoms with Gasteiger partial charge in [-0.25, -0.2) is 4.98 Å². The molecule has 7 heteroatoms. The second-order valence-corrected chi connectivity index (χ2v) is 5.85. The predicted octanol–water partition coefficient (Wildman–Crippen LogP) is 3.11. The molecule has 0 aliphatic carbocycles. The number of nitrogens with zero attached hydrogens (tertiary/aromatic N) is 2. The molecule has 7 nitrogen and oxygen atoms in total. The summed E-state index contributed by atoms with van der Waals surface area (Å²) in [6, 6.07) is 14.3. The molecule has 136 valence electrons. The van der Waals surface area contributed by atoms with Crippen LogP contribution in [0.15, 0.2) is 67.1 Å². The van der Waals surface area contributed by atoms with E-state index in [0.29, 0.717) is 23.6 Å². The molecule has 1 aromatic carbocycles. The molecule has 3 rings (SSSR count). The molecular weight excluding hydrogens is 342 g/mol. The summed E-state index contributed by atoms with van der Waals surface area (Å²) in [6.45, 7) is 1.89. The SMILES string of the molecule is CC(=O)Nc1ccc(Nc2cc(C(=O)NCc3ccncc3)ccn2)cc1. The Labute approximate surface area is 156 Å². The third-order valence-corrected chi connectivity index (χ3v) is 3.70. The van der Waals surface area contributed by atoms with Gasteiger partial charge in [0.2, 0.25) is 5.91 Å². The summed E-state index contributed by atoms with van der Waals surface area (Å²) in [4.78, 5) is 31.6. The number of nitrogens with one attached hydrogen (secondary N) is 3. The summed E-state index contributed by atoms with van der Waals surface area (Å²) in [5.41, 5.74) is 3.00. The molecule has 0 radical (unpaired) electrons. The molecule has 0 aliphatic rings. The molecule has 0 spiro atoms. The summed E-state index contributed by atoms with van der Waals surface area (Å²) in [6.07, 6.45) is 4.95. The predicted molar refractivity (Wildman–Crippen MR) is 104 cm³/mol. The Hall–Kier alpha value is -3.74. The molecule has 2 amide bonds. The average molecular weight is 361 g/mol. The molecule has 2 heterocycles. The van der Waals surface area contributed by atoms with Crippen LogP contribution in [0, 0.1) is 0 Å². The number of anilines is 3. The number of pyridine rings is 2. The Morgan fingerprint density at radius 3 is 2.33 bits per heavy atom. The Kier molecular flexibility index (Phi) is 5.73. The van der Waals surface area contributed by atoms with Gasteiger partial charge in [0, 0.05) is 49.0 Å². The Balaban J connectivity index is 1.62. The van der Waals surface area contributed by atoms with Gasteiger partial charge in [-0.15, -0.1) is 0 Å². The summed E-state index contributed by atoms with van der Waals surface area (Å²) in [7, 11) is 0. The van der Waals surface area contributed by atoms with Gasteiger partial charge in [-0.3, -0.25) is 14.6 Å². The summed E-state index contributed by atoms with van der Waals surface area (Å²) in [5, 5.41) is 8.72. The van der Waals surface area contributed by atoms with Gasteiger partial charge < -0.3 is 16.0 Å². The van der Waals surface area contributed by atoms with Crippen molar-refractivity contribution in [3.63, 3.8) is 0 Å². The zero-order chi connectivity index (χ0) is 19.1. The van der Waals surface area contributed by atoms with Gasteiger partial charge in [-0.05, 0) is 54.1 Å². The number of aromatic nitrogens is 2. The van der Waals surface area contributed by atoms with E-state index < -0.39 is 0 Å². The summed E-state index contributed by atoms with van der Waals surface area (Å²) >= 11 is 0. The smallest absolute Gasteiger partial charge is 0.251 e. The van der Waals surface area contributed by atoms with Crippen molar-refractivity contribution in [2.75, 3.05) is 10.6 Å². The topological polar surface area (TPSA) is 96.0 Å². The maximum Gasteiger partial charge on any atom is 0.251 e. The lowest BCUT2D eigenvalue weighted by molar-refractivity contribution is -0.114. The van der Waals surface area contributed by atoms with E-state index in [9.17, 15) is 9.59 Å². The summed E-state index contributed by atoms with van der Waals surface area (Å²) in [5.74, 6) is 0.250. The zero-order valence-corrected chi connectivity index (χ0v) is 14.8. The Bertz CT molecular complexity index is 927. The normalized spacial score (nSPS) is 10.1. The molecule has 0 saturated heterocycles. The quantitative estimate of drug-likeness (QED) is 0.627. The van der Waals surface area contributed by atoms with Crippen molar-refractivity contribution < 1.29 is 9.59 Å². The highest BCUT2D eigenvalue weighted by atomic mass is 16.2. The van der Waals surface area contributed by atoms with E-state index in [0.717, 1.165) is 11.3 Å². The first kappa shape index (κ1) is 18.1. The second kappa shape index (κ2) is 8.57. The van der Waals surface area contributed by atoms with E-state index >= 15 is 0 Å². The standard InChI is InChI=1S/C20H19N5O2/c1-14(26)24-17-2-4-18(5-3-17)25-19-12-16(8-11-22-19)20(27)23-13-15-6-9-21-10-7-15/h2-12H,13H2,1H3,(H,22,25)(H,23,27)(H,24,26). The van der Waals surface area contributed by atoms with E-state index in [2.05, 4.69) is 25.9 Å². The van der Waals surface area contributed by atoms with Gasteiger partial charge in [-0.1, -0.05) is 0 Å². The van der Waals surface area contributed by atoms with E-state index in [1.54, 1.807) is 42.9 Å². The molecule has 0 fully saturated rings. The first-order valence-electron chi connectivity index (χ1n) is 8.38. The third kappa shape index (κ3) is 5.37. The highest BCUT2D eigenvalue weighted by Crippen LogP contribution is 2.18. The average Bonchev–Trinajstić information content (AvgIpc) is 2.68. The molecule has 0 saturated carbocycles. The first-order chi connectivity index (χ1) is 13.1. The van der Waals surface area contributed by atoms with E-state index in [-0.39, 0.29) is 11.8 Å². The van der Waals surface area contributed by atoms with Crippen LogP contribution in [0.25, 0.3) is 0 Å². The van der Waals surface area contributed by atoms with Gasteiger partial charge in [0.25, 0.3) is 5.91 Å². The van der Waals surface area contributed by atoms with E-state index in [1.807, 2.05) is 24.3 Å². The highest BCUT2D eigenvalue weighted by molar-refractivity contribution is 5.95. The van der Waals surface area contributed by atoms with Crippen LogP contribution in [0.4, 0.5) is 17.2 Å². The van der Waals surface area contributed by atoms with Crippen LogP contribution in [-0.4, -0.2) is 21.8 Å². The fraction of sp³-hybridized carbons (Fsp3) is 0.100. The van der Waals surface area contributed by atoms with Crippen LogP contribution < -0.4 is 16.0 Å². The van der Waals surface area contributed by atoms with Crippen molar-refractivity contribution in [2.24, 2.45) is 0 Å². The van der Waals surface area contributed by atoms with Crippen molar-refractivity contribution in [3.8, 4) is 0 Å². The van der Waals surface area contributed by atoms with Crippen LogP contribution in [-0.2, 0) is 11.3 Å². The van der Waals surface area contributed by atoms with Crippen molar-refractivity contribution in [1.82, 2.24) is 15.3 Å². The van der Waals surface area contributed by atoms with Gasteiger partial charge in [0.1, 0.15) is 5.82 Å². The lowest BCUT2D eigenvalue weighted by Gasteiger charge is -2.09. The lowest BCUT2D eigenvalue weighted by atomic mass is 10.2. The van der Waals surface area contributed by atoms with Crippen molar-refractivity contribution in [2.45, 2.75) is 13.5 Å². The number of hydrogen-bond acceptors (Lipinski definition) is 5. The van der Waals surface area contributed by atoms with Crippen molar-refractivity contribution in [3.05, 3.63) is 78.2 Å². The van der Waals surface area contributed by atoms with Gasteiger partial charge in [0.05, 0.1) is 0 Å². The lowest BCUT2D eigenvalue weighted by Crippen LogP contribution is -2.22. The van der Waals surface area contributed by atoms with Crippen LogP contribution in [0.3, 0.4) is 0 Å². The Morgan fingerprint density at radius 2 is 1.63 bits per heavy atom. The van der Waals surface area contributed by atoms with Gasteiger partial charge in [0.15, 0.2) is 0 Å². The maximum absolute atomic E-state index is 12.3. The van der Waals surface area contributed by atoms with Crippen LogP contribution in [0.1, 0.15) is 22.8 Å². The van der Waals surface area contributed by atoms with Crippen LogP contribution in [0.2, 0.25) is 0 Å². The fourth-order valence-corrected chi connectivity index (χ4v) is 2.41. The van der Waals surface area contributed by atoms with Crippen molar-refractivity contribution >= 4 is 29.0 Å². The third-order valence-electron chi connectivity index (χ3n) is 3.70. The van der Waals surface area contributed by atoms with Crippen LogP contribution >= 0.6 is 0 Å². The molecule has 0 atom stereocenters. The molecule has 3 N–H and O–H groups in total. The number of carbonyl (C=O) groups is 2. The minimum Gasteiger partial charge on any atom is -0.348 e. The molecule has 0 bridgehead atoms. The van der Waals surface area contributed by atoms with E-state index in [4.69, 9.17) is 0 Å². The molecule has 3 aromatic rings. The van der Waals surface area contributed by atoms with Crippen molar-refractivity contribution in [1.29, 1.82) is 0 Å². The van der Waals surface area contributed by atoms with Crippen LogP contribution in [0.5, 0.6) is 0 Å². The molecule has 0 unspecified atom stereocenters. The largest absolute Gasteiger partial charge is 0.348 e. The molecule has 0 aliphatic heterocycles. The number of hydrogen-bond donors (Lipinski definition) is 3. The zero-order valence-electron chi connectivity index (χ0n) is 14.8. The number of rotatable bonds is 6. The van der Waals surface area contributed by atoms with Gasteiger partial charge >= 0.3 is 0 Å². The molecule has 27 heavy (non-hydrogen) atoms. The Morgan fingerprint density at radius 1 is 0.926 bits per heavy atom. The highest BCUT2D eigenvalue weighted by Gasteiger charge is 2.07. The molecular formula is C20H19N5O2. The molecule has 2 aromatic heterocycles.